The minimum Gasteiger partial charge on any atom is -0.487 e. The molecule has 1 heterocycles. The van der Waals surface area contributed by atoms with Crippen LogP contribution in [0.15, 0.2) is 23.1 Å². The Hall–Kier alpha value is -2.12. The fourth-order valence-corrected chi connectivity index (χ4v) is 6.67. The van der Waals surface area contributed by atoms with Crippen LogP contribution in [0, 0.1) is 23.7 Å². The number of hydrogen-bond donors (Lipinski definition) is 1. The molecule has 1 N–H and O–H groups in total. The van der Waals surface area contributed by atoms with Gasteiger partial charge in [0.25, 0.3) is 0 Å². The third-order valence-electron chi connectivity index (χ3n) is 7.08. The molecule has 2 aliphatic rings. The van der Waals surface area contributed by atoms with Crippen molar-refractivity contribution in [3.05, 3.63) is 23.8 Å². The maximum atomic E-state index is 13.6. The SMILES string of the molecule is C[C@@H]1CN([C@H](C)CO)S(=O)(=O)c2ccc(C#CCN(C)C)cc2O[C@@H]1CN(C)C(=O)C1CCCCC1. The van der Waals surface area contributed by atoms with Gasteiger partial charge < -0.3 is 14.7 Å². The molecule has 0 unspecified atom stereocenters. The summed E-state index contributed by atoms with van der Waals surface area (Å²) >= 11 is 0. The topological polar surface area (TPSA) is 90.4 Å². The lowest BCUT2D eigenvalue weighted by Crippen LogP contribution is -2.50. The van der Waals surface area contributed by atoms with E-state index in [0.29, 0.717) is 18.7 Å². The number of rotatable bonds is 6. The quantitative estimate of drug-likeness (QED) is 0.581. The Balaban J connectivity index is 1.96. The number of hydrogen-bond acceptors (Lipinski definition) is 6. The highest BCUT2D eigenvalue weighted by Gasteiger charge is 2.38. The van der Waals surface area contributed by atoms with Crippen LogP contribution in [0.2, 0.25) is 0 Å². The number of aliphatic hydroxyl groups excluding tert-OH is 1. The molecule has 8 nitrogen and oxygen atoms in total. The fraction of sp³-hybridized carbons (Fsp3) is 0.667. The van der Waals surface area contributed by atoms with E-state index < -0.39 is 22.2 Å². The molecule has 9 heteroatoms. The van der Waals surface area contributed by atoms with Crippen molar-refractivity contribution >= 4 is 15.9 Å². The van der Waals surface area contributed by atoms with Crippen LogP contribution < -0.4 is 4.74 Å². The summed E-state index contributed by atoms with van der Waals surface area (Å²) < 4.78 is 35.0. The van der Waals surface area contributed by atoms with Gasteiger partial charge in [-0.15, -0.1) is 0 Å². The molecule has 0 radical (unpaired) electrons. The molecule has 0 bridgehead atoms. The minimum absolute atomic E-state index is 0.0461. The summed E-state index contributed by atoms with van der Waals surface area (Å²) in [7, 11) is 1.75. The van der Waals surface area contributed by atoms with Crippen LogP contribution in [0.5, 0.6) is 5.75 Å². The molecule has 1 aliphatic carbocycles. The van der Waals surface area contributed by atoms with Gasteiger partial charge in [0.05, 0.1) is 19.7 Å². The van der Waals surface area contributed by atoms with Crippen LogP contribution in [-0.4, -0.2) is 93.1 Å². The number of nitrogens with zero attached hydrogens (tertiary/aromatic N) is 3. The van der Waals surface area contributed by atoms with Crippen molar-refractivity contribution in [2.45, 2.75) is 63.0 Å². The summed E-state index contributed by atoms with van der Waals surface area (Å²) in [6.07, 6.45) is 4.76. The van der Waals surface area contributed by atoms with Crippen LogP contribution in [0.4, 0.5) is 0 Å². The van der Waals surface area contributed by atoms with Gasteiger partial charge >= 0.3 is 0 Å². The van der Waals surface area contributed by atoms with E-state index in [1.807, 2.05) is 25.9 Å². The van der Waals surface area contributed by atoms with Crippen LogP contribution in [-0.2, 0) is 14.8 Å². The lowest BCUT2D eigenvalue weighted by molar-refractivity contribution is -0.136. The molecule has 1 aromatic rings. The van der Waals surface area contributed by atoms with E-state index in [1.54, 1.807) is 31.0 Å². The fourth-order valence-electron chi connectivity index (χ4n) is 4.84. The van der Waals surface area contributed by atoms with Gasteiger partial charge in [0.15, 0.2) is 0 Å². The van der Waals surface area contributed by atoms with Crippen molar-refractivity contribution < 1.29 is 23.1 Å². The highest BCUT2D eigenvalue weighted by molar-refractivity contribution is 7.89. The monoisotopic (exact) mass is 519 g/mol. The Morgan fingerprint density at radius 3 is 2.56 bits per heavy atom. The number of amides is 1. The maximum Gasteiger partial charge on any atom is 0.247 e. The Bertz CT molecular complexity index is 1070. The average molecular weight is 520 g/mol. The first-order valence-corrected chi connectivity index (χ1v) is 14.3. The molecule has 1 amide bonds. The predicted molar refractivity (Wildman–Crippen MR) is 140 cm³/mol. The summed E-state index contributed by atoms with van der Waals surface area (Å²) in [5, 5.41) is 9.82. The first-order chi connectivity index (χ1) is 17.0. The van der Waals surface area contributed by atoms with E-state index in [9.17, 15) is 18.3 Å². The standard InChI is InChI=1S/C27H41N3O5S/c1-20-17-30(21(2)19-31)36(33,34)26-14-13-22(10-9-15-28(3)4)16-24(26)35-25(20)18-29(5)27(32)23-11-7-6-8-12-23/h13-14,16,20-21,23,25,31H,6-8,11-12,15,17-19H2,1-5H3/t20-,21-,25-/m1/s1. The van der Waals surface area contributed by atoms with Crippen LogP contribution in [0.25, 0.3) is 0 Å². The molecule has 1 aliphatic heterocycles. The lowest BCUT2D eigenvalue weighted by Gasteiger charge is -2.38. The average Bonchev–Trinajstić information content (AvgIpc) is 2.85. The smallest absolute Gasteiger partial charge is 0.247 e. The molecule has 0 spiro atoms. The second-order valence-electron chi connectivity index (χ2n) is 10.5. The number of carbonyl (C=O) groups is 1. The Labute approximate surface area is 216 Å². The third kappa shape index (κ3) is 6.80. The van der Waals surface area contributed by atoms with E-state index in [1.165, 1.54) is 16.8 Å². The van der Waals surface area contributed by atoms with Gasteiger partial charge in [-0.25, -0.2) is 8.42 Å². The van der Waals surface area contributed by atoms with Crippen molar-refractivity contribution in [1.29, 1.82) is 0 Å². The number of sulfonamides is 1. The Morgan fingerprint density at radius 1 is 1.22 bits per heavy atom. The van der Waals surface area contributed by atoms with Crippen molar-refractivity contribution in [2.75, 3.05) is 47.4 Å². The highest BCUT2D eigenvalue weighted by atomic mass is 32.2. The second-order valence-corrected chi connectivity index (χ2v) is 12.4. The Morgan fingerprint density at radius 2 is 1.92 bits per heavy atom. The zero-order chi connectivity index (χ0) is 26.5. The molecular formula is C27H41N3O5S. The Kier molecular flexibility index (Phi) is 9.81. The molecule has 200 valence electrons. The zero-order valence-electron chi connectivity index (χ0n) is 22.2. The minimum atomic E-state index is -3.91. The summed E-state index contributed by atoms with van der Waals surface area (Å²) in [6.45, 7) is 4.45. The van der Waals surface area contributed by atoms with Gasteiger partial charge in [0, 0.05) is 37.0 Å². The molecule has 3 atom stereocenters. The number of ether oxygens (including phenoxy) is 1. The van der Waals surface area contributed by atoms with E-state index in [4.69, 9.17) is 4.74 Å². The summed E-state index contributed by atoms with van der Waals surface area (Å²) in [4.78, 5) is 16.9. The number of fused-ring (bicyclic) bond motifs is 1. The zero-order valence-corrected chi connectivity index (χ0v) is 23.1. The van der Waals surface area contributed by atoms with Crippen molar-refractivity contribution in [2.24, 2.45) is 11.8 Å². The number of aliphatic hydroxyl groups is 1. The molecule has 0 aromatic heterocycles. The molecule has 3 rings (SSSR count). The largest absolute Gasteiger partial charge is 0.487 e. The van der Waals surface area contributed by atoms with Gasteiger partial charge in [-0.1, -0.05) is 38.0 Å². The summed E-state index contributed by atoms with van der Waals surface area (Å²) in [5.74, 6) is 6.34. The highest BCUT2D eigenvalue weighted by Crippen LogP contribution is 2.34. The third-order valence-corrected chi connectivity index (χ3v) is 9.10. The molecule has 1 fully saturated rings. The number of likely N-dealkylation sites (N-methyl/N-ethyl adjacent to an activating group) is 1. The lowest BCUT2D eigenvalue weighted by atomic mass is 9.88. The molecular weight excluding hydrogens is 478 g/mol. The van der Waals surface area contributed by atoms with E-state index in [-0.39, 0.29) is 41.5 Å². The maximum absolute atomic E-state index is 13.6. The van der Waals surface area contributed by atoms with E-state index >= 15 is 0 Å². The van der Waals surface area contributed by atoms with Crippen LogP contribution >= 0.6 is 0 Å². The first-order valence-electron chi connectivity index (χ1n) is 12.9. The van der Waals surface area contributed by atoms with Crippen LogP contribution in [0.1, 0.15) is 51.5 Å². The number of carbonyl (C=O) groups excluding carboxylic acids is 1. The van der Waals surface area contributed by atoms with Crippen molar-refractivity contribution in [3.8, 4) is 17.6 Å². The summed E-state index contributed by atoms with van der Waals surface area (Å²) in [5.41, 5.74) is 0.658. The molecule has 1 saturated carbocycles. The van der Waals surface area contributed by atoms with Crippen molar-refractivity contribution in [1.82, 2.24) is 14.1 Å². The van der Waals surface area contributed by atoms with Gasteiger partial charge in [-0.2, -0.15) is 4.31 Å². The van der Waals surface area contributed by atoms with Crippen molar-refractivity contribution in [3.63, 3.8) is 0 Å². The van der Waals surface area contributed by atoms with Crippen LogP contribution in [0.3, 0.4) is 0 Å². The first kappa shape index (κ1) is 28.5. The summed E-state index contributed by atoms with van der Waals surface area (Å²) in [6, 6.07) is 4.30. The van der Waals surface area contributed by atoms with Gasteiger partial charge in [-0.3, -0.25) is 9.69 Å². The number of benzene rings is 1. The molecule has 1 aromatic carbocycles. The van der Waals surface area contributed by atoms with Gasteiger partial charge in [0.2, 0.25) is 15.9 Å². The van der Waals surface area contributed by atoms with E-state index in [0.717, 1.165) is 25.7 Å². The van der Waals surface area contributed by atoms with Gasteiger partial charge in [-0.05, 0) is 52.1 Å². The van der Waals surface area contributed by atoms with Gasteiger partial charge in [0.1, 0.15) is 16.7 Å². The normalized spacial score (nSPS) is 23.4. The second kappa shape index (κ2) is 12.4. The molecule has 36 heavy (non-hydrogen) atoms. The van der Waals surface area contributed by atoms with E-state index in [2.05, 4.69) is 11.8 Å². The predicted octanol–water partition coefficient (Wildman–Crippen LogP) is 2.41. The molecule has 0 saturated heterocycles.